The average Bonchev–Trinajstić information content (AvgIpc) is 2.95. The highest BCUT2D eigenvalue weighted by molar-refractivity contribution is 6.05. The summed E-state index contributed by atoms with van der Waals surface area (Å²) in [4.78, 5) is 22.3. The Hall–Kier alpha value is -4.95. The Morgan fingerprint density at radius 2 is 1.66 bits per heavy atom. The molecule has 0 spiro atoms. The number of rotatable bonds is 7. The minimum absolute atomic E-state index is 0.111. The van der Waals surface area contributed by atoms with Gasteiger partial charge in [0, 0.05) is 22.8 Å². The summed E-state index contributed by atoms with van der Waals surface area (Å²) in [5.41, 5.74) is 3.07. The van der Waals surface area contributed by atoms with Crippen LogP contribution in [0.15, 0.2) is 101 Å². The molecule has 38 heavy (non-hydrogen) atoms. The number of carbonyl (C=O) groups is 1. The zero-order valence-electron chi connectivity index (χ0n) is 20.8. The van der Waals surface area contributed by atoms with Crippen molar-refractivity contribution in [2.45, 2.75) is 13.5 Å². The van der Waals surface area contributed by atoms with Crippen LogP contribution in [0.4, 0.5) is 11.4 Å². The number of anilines is 1. The predicted molar refractivity (Wildman–Crippen MR) is 144 cm³/mol. The summed E-state index contributed by atoms with van der Waals surface area (Å²) in [5, 5.41) is 13.3. The lowest BCUT2D eigenvalue weighted by Gasteiger charge is -2.10. The largest absolute Gasteiger partial charge is 0.497 e. The number of aryl methyl sites for hydroxylation is 1. The third-order valence-electron chi connectivity index (χ3n) is 5.86. The zero-order valence-corrected chi connectivity index (χ0v) is 20.8. The number of hydrogen-bond acceptors (Lipinski definition) is 7. The van der Waals surface area contributed by atoms with Crippen LogP contribution in [0.3, 0.4) is 0 Å². The quantitative estimate of drug-likeness (QED) is 0.284. The van der Waals surface area contributed by atoms with E-state index in [9.17, 15) is 9.90 Å². The lowest BCUT2D eigenvalue weighted by Crippen LogP contribution is -2.22. The number of aliphatic hydroxyl groups excluding tert-OH is 1. The van der Waals surface area contributed by atoms with Gasteiger partial charge in [0.05, 0.1) is 25.1 Å². The molecular formula is C30H25N3O5. The molecule has 2 N–H and O–H groups in total. The van der Waals surface area contributed by atoms with Crippen LogP contribution in [0.25, 0.3) is 11.0 Å². The fourth-order valence-electron chi connectivity index (χ4n) is 3.86. The maximum atomic E-state index is 13.4. The van der Waals surface area contributed by atoms with Crippen molar-refractivity contribution in [1.82, 2.24) is 4.98 Å². The van der Waals surface area contributed by atoms with E-state index in [1.165, 1.54) is 0 Å². The Morgan fingerprint density at radius 1 is 0.974 bits per heavy atom. The van der Waals surface area contributed by atoms with Crippen molar-refractivity contribution in [2.24, 2.45) is 4.99 Å². The van der Waals surface area contributed by atoms with Gasteiger partial charge in [-0.2, -0.15) is 0 Å². The van der Waals surface area contributed by atoms with E-state index >= 15 is 0 Å². The van der Waals surface area contributed by atoms with Crippen LogP contribution in [-0.4, -0.2) is 23.1 Å². The van der Waals surface area contributed by atoms with Crippen LogP contribution in [0, 0.1) is 6.92 Å². The summed E-state index contributed by atoms with van der Waals surface area (Å²) in [6, 6.07) is 25.3. The van der Waals surface area contributed by atoms with E-state index in [0.717, 1.165) is 5.75 Å². The number of fused-ring (bicyclic) bond motifs is 1. The summed E-state index contributed by atoms with van der Waals surface area (Å²) in [6.07, 6.45) is 1.57. The molecule has 0 aliphatic rings. The number of para-hydroxylation sites is 1. The van der Waals surface area contributed by atoms with Gasteiger partial charge in [0.1, 0.15) is 22.8 Å². The molecule has 190 valence electrons. The number of aromatic nitrogens is 1. The van der Waals surface area contributed by atoms with Gasteiger partial charge in [-0.05, 0) is 73.7 Å². The van der Waals surface area contributed by atoms with Gasteiger partial charge in [-0.25, -0.2) is 4.99 Å². The Labute approximate surface area is 218 Å². The first kappa shape index (κ1) is 24.7. The fraction of sp³-hybridized carbons (Fsp3) is 0.100. The molecule has 0 atom stereocenters. The third kappa shape index (κ3) is 5.40. The monoisotopic (exact) mass is 507 g/mol. The van der Waals surface area contributed by atoms with Gasteiger partial charge in [0.15, 0.2) is 5.58 Å². The van der Waals surface area contributed by atoms with Gasteiger partial charge < -0.3 is 24.3 Å². The summed E-state index contributed by atoms with van der Waals surface area (Å²) in [6.45, 7) is 1.54. The summed E-state index contributed by atoms with van der Waals surface area (Å²) in [5.74, 6) is 1.63. The predicted octanol–water partition coefficient (Wildman–Crippen LogP) is 5.91. The van der Waals surface area contributed by atoms with E-state index < -0.39 is 5.91 Å². The maximum absolute atomic E-state index is 13.4. The molecule has 0 bridgehead atoms. The Balaban J connectivity index is 1.56. The van der Waals surface area contributed by atoms with Crippen LogP contribution >= 0.6 is 0 Å². The third-order valence-corrected chi connectivity index (χ3v) is 5.86. The smallest absolute Gasteiger partial charge is 0.261 e. The normalized spacial score (nSPS) is 11.4. The van der Waals surface area contributed by atoms with E-state index in [4.69, 9.17) is 13.9 Å². The van der Waals surface area contributed by atoms with Crippen LogP contribution in [0.2, 0.25) is 0 Å². The highest BCUT2D eigenvalue weighted by atomic mass is 16.5. The van der Waals surface area contributed by atoms with Crippen molar-refractivity contribution in [3.63, 3.8) is 0 Å². The second-order valence-electron chi connectivity index (χ2n) is 8.44. The molecule has 0 aliphatic heterocycles. The first-order valence-electron chi connectivity index (χ1n) is 11.9. The van der Waals surface area contributed by atoms with Crippen molar-refractivity contribution in [1.29, 1.82) is 0 Å². The topological polar surface area (TPSA) is 106 Å². The minimum atomic E-state index is -0.415. The number of methoxy groups -OCH3 is 1. The van der Waals surface area contributed by atoms with Gasteiger partial charge in [-0.3, -0.25) is 9.78 Å². The van der Waals surface area contributed by atoms with E-state index in [2.05, 4.69) is 15.3 Å². The van der Waals surface area contributed by atoms with Crippen LogP contribution in [0.1, 0.15) is 21.6 Å². The summed E-state index contributed by atoms with van der Waals surface area (Å²) >= 11 is 0. The number of nitrogens with one attached hydrogen (secondary N) is 1. The number of aliphatic hydroxyl groups is 1. The first-order chi connectivity index (χ1) is 18.5. The minimum Gasteiger partial charge on any atom is -0.497 e. The number of amides is 1. The van der Waals surface area contributed by atoms with Crippen molar-refractivity contribution < 1.29 is 23.8 Å². The molecule has 0 radical (unpaired) electrons. The molecule has 5 aromatic rings. The zero-order chi connectivity index (χ0) is 26.5. The van der Waals surface area contributed by atoms with E-state index in [0.29, 0.717) is 45.1 Å². The van der Waals surface area contributed by atoms with Crippen molar-refractivity contribution in [2.75, 3.05) is 12.4 Å². The molecule has 2 aromatic heterocycles. The van der Waals surface area contributed by atoms with Crippen molar-refractivity contribution >= 4 is 28.3 Å². The molecular weight excluding hydrogens is 482 g/mol. The van der Waals surface area contributed by atoms with Crippen molar-refractivity contribution in [3.05, 3.63) is 114 Å². The number of ether oxygens (including phenoxy) is 2. The number of carbonyl (C=O) groups excluding carboxylic acids is 1. The lowest BCUT2D eigenvalue weighted by atomic mass is 10.1. The number of pyridine rings is 1. The average molecular weight is 508 g/mol. The second kappa shape index (κ2) is 11.0. The second-order valence-corrected chi connectivity index (χ2v) is 8.44. The standard InChI is InChI=1S/C30H25N3O5/c1-19-28-26(20(18-34)17-31-19)16-27(29(35)32-21-8-12-23(36-2)13-9-21)30(38-28)33-22-10-14-25(15-11-22)37-24-6-4-3-5-7-24/h3-17,34H,18H2,1-2H3,(H,32,35). The maximum Gasteiger partial charge on any atom is 0.261 e. The molecule has 0 unspecified atom stereocenters. The van der Waals surface area contributed by atoms with E-state index in [-0.39, 0.29) is 17.7 Å². The molecule has 8 heteroatoms. The Morgan fingerprint density at radius 3 is 2.34 bits per heavy atom. The lowest BCUT2D eigenvalue weighted by molar-refractivity contribution is 0.102. The molecule has 2 heterocycles. The molecule has 8 nitrogen and oxygen atoms in total. The number of nitrogens with zero attached hydrogens (tertiary/aromatic N) is 2. The van der Waals surface area contributed by atoms with Crippen molar-refractivity contribution in [3.8, 4) is 17.2 Å². The van der Waals surface area contributed by atoms with Crippen LogP contribution < -0.4 is 20.3 Å². The van der Waals surface area contributed by atoms with E-state index in [1.807, 2.05) is 30.3 Å². The van der Waals surface area contributed by atoms with Crippen LogP contribution in [-0.2, 0) is 6.61 Å². The van der Waals surface area contributed by atoms with Gasteiger partial charge in [0.25, 0.3) is 5.91 Å². The molecule has 3 aromatic carbocycles. The molecule has 0 aliphatic carbocycles. The number of benzene rings is 3. The summed E-state index contributed by atoms with van der Waals surface area (Å²) in [7, 11) is 1.58. The Kier molecular flexibility index (Phi) is 7.15. The Bertz CT molecular complexity index is 1640. The van der Waals surface area contributed by atoms with Gasteiger partial charge >= 0.3 is 0 Å². The summed E-state index contributed by atoms with van der Waals surface area (Å²) < 4.78 is 17.2. The van der Waals surface area contributed by atoms with Crippen LogP contribution in [0.5, 0.6) is 17.2 Å². The molecule has 1 amide bonds. The molecule has 0 saturated carbocycles. The van der Waals surface area contributed by atoms with E-state index in [1.54, 1.807) is 74.8 Å². The SMILES string of the molecule is COc1ccc(NC(=O)c2cc3c(CO)cnc(C)c3oc2=Nc2ccc(Oc3ccccc3)cc2)cc1. The van der Waals surface area contributed by atoms with Gasteiger partial charge in [0.2, 0.25) is 5.55 Å². The highest BCUT2D eigenvalue weighted by Crippen LogP contribution is 2.25. The molecule has 0 saturated heterocycles. The van der Waals surface area contributed by atoms with Gasteiger partial charge in [-0.1, -0.05) is 18.2 Å². The number of hydrogen-bond donors (Lipinski definition) is 2. The first-order valence-corrected chi connectivity index (χ1v) is 11.9. The fourth-order valence-corrected chi connectivity index (χ4v) is 3.86. The molecule has 5 rings (SSSR count). The highest BCUT2D eigenvalue weighted by Gasteiger charge is 2.17. The van der Waals surface area contributed by atoms with Gasteiger partial charge in [-0.15, -0.1) is 0 Å². The molecule has 0 fully saturated rings.